The molecule has 0 aliphatic heterocycles. The molecule has 5 heteroatoms. The van der Waals surface area contributed by atoms with Crippen LogP contribution in [0.3, 0.4) is 0 Å². The molecular weight excluding hydrogens is 370 g/mol. The molecule has 2 aromatic carbocycles. The van der Waals surface area contributed by atoms with E-state index in [1.54, 1.807) is 6.07 Å². The maximum absolute atomic E-state index is 12.3. The number of benzene rings is 2. The van der Waals surface area contributed by atoms with Crippen molar-refractivity contribution in [2.75, 3.05) is 5.32 Å². The first kappa shape index (κ1) is 18.2. The van der Waals surface area contributed by atoms with E-state index in [1.165, 1.54) is 0 Å². The van der Waals surface area contributed by atoms with Gasteiger partial charge in [-0.05, 0) is 36.1 Å². The van der Waals surface area contributed by atoms with Crippen LogP contribution in [-0.2, 0) is 9.59 Å². The summed E-state index contributed by atoms with van der Waals surface area (Å²) < 4.78 is 0.896. The molecule has 0 heterocycles. The van der Waals surface area contributed by atoms with Crippen LogP contribution in [0.5, 0.6) is 0 Å². The minimum Gasteiger partial charge on any atom is -0.481 e. The van der Waals surface area contributed by atoms with Crippen LogP contribution in [0, 0.1) is 12.8 Å². The third-order valence-electron chi connectivity index (χ3n) is 4.11. The van der Waals surface area contributed by atoms with E-state index >= 15 is 0 Å². The second-order valence-corrected chi connectivity index (χ2v) is 6.71. The van der Waals surface area contributed by atoms with Crippen LogP contribution in [0.25, 0.3) is 0 Å². The Hall–Kier alpha value is -2.14. The molecule has 0 saturated heterocycles. The van der Waals surface area contributed by atoms with Gasteiger partial charge in [0, 0.05) is 16.6 Å². The quantitative estimate of drug-likeness (QED) is 0.758. The predicted molar refractivity (Wildman–Crippen MR) is 98.1 cm³/mol. The van der Waals surface area contributed by atoms with Crippen molar-refractivity contribution in [3.63, 3.8) is 0 Å². The van der Waals surface area contributed by atoms with Crippen molar-refractivity contribution >= 4 is 33.5 Å². The third kappa shape index (κ3) is 4.68. The monoisotopic (exact) mass is 389 g/mol. The van der Waals surface area contributed by atoms with E-state index in [0.717, 1.165) is 15.6 Å². The first-order valence-electron chi connectivity index (χ1n) is 7.72. The summed E-state index contributed by atoms with van der Waals surface area (Å²) in [6.45, 7) is 3.79. The number of carboxylic acids is 1. The molecule has 0 aromatic heterocycles. The molecule has 0 aliphatic carbocycles. The maximum atomic E-state index is 12.3. The molecule has 0 fully saturated rings. The number of nitrogens with one attached hydrogen (secondary N) is 1. The van der Waals surface area contributed by atoms with Crippen molar-refractivity contribution in [3.8, 4) is 0 Å². The number of carbonyl (C=O) groups is 2. The summed E-state index contributed by atoms with van der Waals surface area (Å²) in [5.74, 6) is -2.30. The highest BCUT2D eigenvalue weighted by molar-refractivity contribution is 9.10. The number of amides is 1. The number of aryl methyl sites for hydroxylation is 1. The van der Waals surface area contributed by atoms with Crippen molar-refractivity contribution < 1.29 is 14.7 Å². The van der Waals surface area contributed by atoms with Gasteiger partial charge in [0.2, 0.25) is 5.91 Å². The average Bonchev–Trinajstić information content (AvgIpc) is 2.56. The molecule has 0 radical (unpaired) electrons. The molecule has 2 atom stereocenters. The molecule has 4 nitrogen and oxygen atoms in total. The Labute approximate surface area is 150 Å². The zero-order valence-corrected chi connectivity index (χ0v) is 15.2. The lowest BCUT2D eigenvalue weighted by molar-refractivity contribution is -0.144. The molecule has 2 N–H and O–H groups in total. The lowest BCUT2D eigenvalue weighted by atomic mass is 9.85. The minimum absolute atomic E-state index is 0.0725. The zero-order chi connectivity index (χ0) is 17.7. The lowest BCUT2D eigenvalue weighted by Crippen LogP contribution is -2.26. The van der Waals surface area contributed by atoms with Crippen LogP contribution in [0.4, 0.5) is 5.69 Å². The largest absolute Gasteiger partial charge is 0.481 e. The van der Waals surface area contributed by atoms with E-state index in [-0.39, 0.29) is 18.2 Å². The van der Waals surface area contributed by atoms with Crippen molar-refractivity contribution in [2.24, 2.45) is 5.92 Å². The second-order valence-electron chi connectivity index (χ2n) is 5.86. The fourth-order valence-corrected chi connectivity index (χ4v) is 2.93. The van der Waals surface area contributed by atoms with Gasteiger partial charge >= 0.3 is 5.97 Å². The minimum atomic E-state index is -0.966. The molecule has 1 amide bonds. The molecule has 0 spiro atoms. The molecule has 0 saturated carbocycles. The van der Waals surface area contributed by atoms with Gasteiger partial charge in [0.15, 0.2) is 0 Å². The fourth-order valence-electron chi connectivity index (χ4n) is 2.55. The zero-order valence-electron chi connectivity index (χ0n) is 13.6. The number of hydrogen-bond donors (Lipinski definition) is 2. The highest BCUT2D eigenvalue weighted by Crippen LogP contribution is 2.28. The summed E-state index contributed by atoms with van der Waals surface area (Å²) >= 11 is 3.42. The Bertz CT molecular complexity index is 731. The molecule has 2 aromatic rings. The summed E-state index contributed by atoms with van der Waals surface area (Å²) in [5.41, 5.74) is 2.62. The van der Waals surface area contributed by atoms with Crippen LogP contribution in [0.2, 0.25) is 0 Å². The smallest absolute Gasteiger partial charge is 0.307 e. The highest BCUT2D eigenvalue weighted by Gasteiger charge is 2.28. The average molecular weight is 390 g/mol. The second kappa shape index (κ2) is 8.11. The van der Waals surface area contributed by atoms with Gasteiger partial charge in [0.1, 0.15) is 0 Å². The van der Waals surface area contributed by atoms with Gasteiger partial charge in [-0.1, -0.05) is 59.3 Å². The van der Waals surface area contributed by atoms with Crippen LogP contribution < -0.4 is 5.32 Å². The number of hydrogen-bond acceptors (Lipinski definition) is 2. The summed E-state index contributed by atoms with van der Waals surface area (Å²) in [4.78, 5) is 23.9. The van der Waals surface area contributed by atoms with Gasteiger partial charge in [-0.15, -0.1) is 0 Å². The van der Waals surface area contributed by atoms with Crippen LogP contribution in [0.15, 0.2) is 53.0 Å². The Kier molecular flexibility index (Phi) is 6.15. The Balaban J connectivity index is 2.08. The van der Waals surface area contributed by atoms with Gasteiger partial charge in [-0.25, -0.2) is 0 Å². The topological polar surface area (TPSA) is 66.4 Å². The van der Waals surface area contributed by atoms with Gasteiger partial charge in [0.25, 0.3) is 0 Å². The summed E-state index contributed by atoms with van der Waals surface area (Å²) in [7, 11) is 0. The Morgan fingerprint density at radius 3 is 2.42 bits per heavy atom. The van der Waals surface area contributed by atoms with Crippen LogP contribution in [0.1, 0.15) is 30.4 Å². The molecule has 0 aliphatic rings. The first-order valence-corrected chi connectivity index (χ1v) is 8.51. The number of carboxylic acid groups (broad SMARTS) is 1. The maximum Gasteiger partial charge on any atom is 0.307 e. The van der Waals surface area contributed by atoms with E-state index in [2.05, 4.69) is 21.2 Å². The molecule has 2 rings (SSSR count). The number of carbonyl (C=O) groups excluding carboxylic acids is 1. The lowest BCUT2D eigenvalue weighted by Gasteiger charge is -2.20. The van der Waals surface area contributed by atoms with E-state index in [1.807, 2.05) is 56.3 Å². The SMILES string of the molecule is Cc1ccc(NC(=O)C[C@H](C(=O)O)[C@@H](C)c2ccccc2)cc1Br. The molecule has 24 heavy (non-hydrogen) atoms. The normalized spacial score (nSPS) is 13.1. The van der Waals surface area contributed by atoms with E-state index in [0.29, 0.717) is 5.69 Å². The van der Waals surface area contributed by atoms with Crippen LogP contribution >= 0.6 is 15.9 Å². The summed E-state index contributed by atoms with van der Waals surface area (Å²) in [6.07, 6.45) is -0.0725. The van der Waals surface area contributed by atoms with Crippen molar-refractivity contribution in [1.82, 2.24) is 0 Å². The Morgan fingerprint density at radius 2 is 1.83 bits per heavy atom. The summed E-state index contributed by atoms with van der Waals surface area (Å²) in [5, 5.41) is 12.3. The standard InChI is InChI=1S/C19H20BrNO3/c1-12-8-9-15(10-17(12)20)21-18(22)11-16(19(23)24)13(2)14-6-4-3-5-7-14/h3-10,13,16H,11H2,1-2H3,(H,21,22)(H,23,24)/t13-,16-/m0/s1. The fraction of sp³-hybridized carbons (Fsp3) is 0.263. The summed E-state index contributed by atoms with van der Waals surface area (Å²) in [6, 6.07) is 14.9. The van der Waals surface area contributed by atoms with Gasteiger partial charge in [-0.3, -0.25) is 9.59 Å². The Morgan fingerprint density at radius 1 is 1.17 bits per heavy atom. The van der Waals surface area contributed by atoms with Crippen molar-refractivity contribution in [2.45, 2.75) is 26.2 Å². The molecule has 126 valence electrons. The highest BCUT2D eigenvalue weighted by atomic mass is 79.9. The number of aliphatic carboxylic acids is 1. The van der Waals surface area contributed by atoms with Gasteiger partial charge in [0.05, 0.1) is 5.92 Å². The van der Waals surface area contributed by atoms with E-state index in [4.69, 9.17) is 0 Å². The molecular formula is C19H20BrNO3. The molecule has 0 unspecified atom stereocenters. The van der Waals surface area contributed by atoms with E-state index < -0.39 is 11.9 Å². The number of halogens is 1. The van der Waals surface area contributed by atoms with Crippen LogP contribution in [-0.4, -0.2) is 17.0 Å². The van der Waals surface area contributed by atoms with E-state index in [9.17, 15) is 14.7 Å². The third-order valence-corrected chi connectivity index (χ3v) is 4.96. The number of rotatable bonds is 6. The van der Waals surface area contributed by atoms with Gasteiger partial charge in [-0.2, -0.15) is 0 Å². The first-order chi connectivity index (χ1) is 11.4. The predicted octanol–water partition coefficient (Wildman–Crippen LogP) is 4.59. The molecule has 0 bridgehead atoms. The van der Waals surface area contributed by atoms with Gasteiger partial charge < -0.3 is 10.4 Å². The number of anilines is 1. The van der Waals surface area contributed by atoms with Crippen molar-refractivity contribution in [1.29, 1.82) is 0 Å². The van der Waals surface area contributed by atoms with Crippen molar-refractivity contribution in [3.05, 3.63) is 64.1 Å².